The van der Waals surface area contributed by atoms with E-state index in [1.165, 1.54) is 18.2 Å². The summed E-state index contributed by atoms with van der Waals surface area (Å²) in [7, 11) is 0. The zero-order valence-corrected chi connectivity index (χ0v) is 10.5. The Morgan fingerprint density at radius 1 is 1.42 bits per heavy atom. The summed E-state index contributed by atoms with van der Waals surface area (Å²) in [5.74, 6) is -0.854. The summed E-state index contributed by atoms with van der Waals surface area (Å²) in [5, 5.41) is 10.8. The quantitative estimate of drug-likeness (QED) is 0.460. The maximum Gasteiger partial charge on any atom is 0.282 e. The highest BCUT2D eigenvalue weighted by Crippen LogP contribution is 2.20. The molecule has 0 aliphatic carbocycles. The third kappa shape index (κ3) is 4.13. The number of hydrogen-bond acceptors (Lipinski definition) is 3. The lowest BCUT2D eigenvalue weighted by Gasteiger charge is -2.21. The van der Waals surface area contributed by atoms with E-state index in [1.807, 2.05) is 0 Å². The number of amides is 1. The molecule has 0 aliphatic rings. The first-order valence-electron chi connectivity index (χ1n) is 5.34. The molecule has 0 aliphatic heterocycles. The fourth-order valence-corrected chi connectivity index (χ4v) is 1.73. The number of nitro groups is 1. The summed E-state index contributed by atoms with van der Waals surface area (Å²) in [6, 6.07) is 5.21. The van der Waals surface area contributed by atoms with Crippen LogP contribution in [0.4, 0.5) is 14.5 Å². The molecule has 5 nitrogen and oxygen atoms in total. The van der Waals surface area contributed by atoms with Crippen molar-refractivity contribution < 1.29 is 18.5 Å². The molecule has 0 atom stereocenters. The van der Waals surface area contributed by atoms with Crippen molar-refractivity contribution in [3.63, 3.8) is 0 Å². The van der Waals surface area contributed by atoms with E-state index < -0.39 is 29.5 Å². The Hall–Kier alpha value is -1.76. The van der Waals surface area contributed by atoms with E-state index in [2.05, 4.69) is 0 Å². The Bertz CT molecular complexity index is 471. The van der Waals surface area contributed by atoms with Crippen LogP contribution in [0.3, 0.4) is 0 Å². The molecule has 1 amide bonds. The monoisotopic (exact) mass is 292 g/mol. The molecule has 0 aromatic heterocycles. The molecule has 8 heteroatoms. The topological polar surface area (TPSA) is 63.4 Å². The van der Waals surface area contributed by atoms with Crippen LogP contribution in [0, 0.1) is 10.1 Å². The first-order chi connectivity index (χ1) is 8.97. The Labute approximate surface area is 112 Å². The van der Waals surface area contributed by atoms with Crippen molar-refractivity contribution in [2.45, 2.75) is 6.43 Å². The fourth-order valence-electron chi connectivity index (χ4n) is 1.53. The van der Waals surface area contributed by atoms with Crippen LogP contribution in [0.15, 0.2) is 24.3 Å². The molecule has 0 unspecified atom stereocenters. The lowest BCUT2D eigenvalue weighted by atomic mass is 10.1. The van der Waals surface area contributed by atoms with Gasteiger partial charge in [0.05, 0.1) is 11.5 Å². The zero-order valence-electron chi connectivity index (χ0n) is 9.76. The third-order valence-corrected chi connectivity index (χ3v) is 2.50. The highest BCUT2D eigenvalue weighted by molar-refractivity contribution is 6.18. The van der Waals surface area contributed by atoms with Gasteiger partial charge in [-0.2, -0.15) is 0 Å². The van der Waals surface area contributed by atoms with Crippen LogP contribution >= 0.6 is 11.6 Å². The average molecular weight is 293 g/mol. The van der Waals surface area contributed by atoms with Crippen LogP contribution in [0.25, 0.3) is 0 Å². The fraction of sp³-hybridized carbons (Fsp3) is 0.364. The number of hydrogen-bond donors (Lipinski definition) is 0. The third-order valence-electron chi connectivity index (χ3n) is 2.33. The summed E-state index contributed by atoms with van der Waals surface area (Å²) < 4.78 is 24.7. The number of nitrogens with zero attached hydrogens (tertiary/aromatic N) is 2. The molecule has 19 heavy (non-hydrogen) atoms. The molecule has 1 rings (SSSR count). The Balaban J connectivity index is 3.05. The first kappa shape index (κ1) is 15.3. The lowest BCUT2D eigenvalue weighted by molar-refractivity contribution is -0.385. The van der Waals surface area contributed by atoms with Crippen molar-refractivity contribution in [2.75, 3.05) is 19.0 Å². The van der Waals surface area contributed by atoms with Crippen molar-refractivity contribution >= 4 is 23.2 Å². The van der Waals surface area contributed by atoms with Crippen molar-refractivity contribution in [1.82, 2.24) is 4.90 Å². The molecular formula is C11H11ClF2N2O3. The lowest BCUT2D eigenvalue weighted by Crippen LogP contribution is -2.36. The molecule has 1 aromatic carbocycles. The number of halogens is 3. The Kier molecular flexibility index (Phi) is 5.62. The Morgan fingerprint density at radius 2 is 2.05 bits per heavy atom. The van der Waals surface area contributed by atoms with Crippen LogP contribution in [-0.2, 0) is 0 Å². The predicted octanol–water partition coefficient (Wildman–Crippen LogP) is 2.54. The SMILES string of the molecule is O=C(c1ccccc1[N+](=O)[O-])N(CCCl)CC(F)F. The number of carbonyl (C=O) groups excluding carboxylic acids is 1. The van der Waals surface area contributed by atoms with Gasteiger partial charge in [0, 0.05) is 18.5 Å². The van der Waals surface area contributed by atoms with Crippen LogP contribution in [0.1, 0.15) is 10.4 Å². The van der Waals surface area contributed by atoms with Gasteiger partial charge in [-0.3, -0.25) is 14.9 Å². The standard InChI is InChI=1S/C11H11ClF2N2O3/c12-5-6-15(7-10(13)14)11(17)8-3-1-2-4-9(8)16(18)19/h1-4,10H,5-7H2. The molecule has 0 bridgehead atoms. The van der Waals surface area contributed by atoms with E-state index >= 15 is 0 Å². The second kappa shape index (κ2) is 6.98. The minimum Gasteiger partial charge on any atom is -0.332 e. The molecule has 0 heterocycles. The molecule has 104 valence electrons. The number of carbonyl (C=O) groups is 1. The van der Waals surface area contributed by atoms with Gasteiger partial charge in [0.1, 0.15) is 5.56 Å². The predicted molar refractivity (Wildman–Crippen MR) is 65.7 cm³/mol. The van der Waals surface area contributed by atoms with Crippen LogP contribution in [0.2, 0.25) is 0 Å². The number of alkyl halides is 3. The summed E-state index contributed by atoms with van der Waals surface area (Å²) in [6.07, 6.45) is -2.73. The second-order valence-electron chi connectivity index (χ2n) is 3.61. The first-order valence-corrected chi connectivity index (χ1v) is 5.87. The van der Waals surface area contributed by atoms with E-state index in [1.54, 1.807) is 0 Å². The minimum atomic E-state index is -2.73. The normalized spacial score (nSPS) is 10.5. The van der Waals surface area contributed by atoms with E-state index in [-0.39, 0.29) is 18.0 Å². The molecule has 0 N–H and O–H groups in total. The highest BCUT2D eigenvalue weighted by atomic mass is 35.5. The van der Waals surface area contributed by atoms with E-state index in [4.69, 9.17) is 11.6 Å². The van der Waals surface area contributed by atoms with Crippen molar-refractivity contribution in [2.24, 2.45) is 0 Å². The average Bonchev–Trinajstić information content (AvgIpc) is 2.37. The van der Waals surface area contributed by atoms with Gasteiger partial charge in [0.25, 0.3) is 18.0 Å². The summed E-state index contributed by atoms with van der Waals surface area (Å²) in [5.41, 5.74) is -0.639. The number of benzene rings is 1. The van der Waals surface area contributed by atoms with Gasteiger partial charge < -0.3 is 4.90 Å². The maximum atomic E-state index is 12.4. The van der Waals surface area contributed by atoms with Gasteiger partial charge in [-0.15, -0.1) is 11.6 Å². The summed E-state index contributed by atoms with van der Waals surface area (Å²) in [4.78, 5) is 22.9. The highest BCUT2D eigenvalue weighted by Gasteiger charge is 2.25. The second-order valence-corrected chi connectivity index (χ2v) is 3.98. The molecule has 0 fully saturated rings. The van der Waals surface area contributed by atoms with Crippen LogP contribution < -0.4 is 0 Å². The van der Waals surface area contributed by atoms with Crippen LogP contribution in [0.5, 0.6) is 0 Å². The maximum absolute atomic E-state index is 12.4. The van der Waals surface area contributed by atoms with Crippen molar-refractivity contribution in [3.05, 3.63) is 39.9 Å². The van der Waals surface area contributed by atoms with Crippen molar-refractivity contribution in [1.29, 1.82) is 0 Å². The van der Waals surface area contributed by atoms with E-state index in [0.717, 1.165) is 11.0 Å². The molecule has 0 radical (unpaired) electrons. The molecule has 0 saturated carbocycles. The van der Waals surface area contributed by atoms with Gasteiger partial charge in [-0.05, 0) is 6.07 Å². The minimum absolute atomic E-state index is 0.0287. The largest absolute Gasteiger partial charge is 0.332 e. The zero-order chi connectivity index (χ0) is 14.4. The Morgan fingerprint density at radius 3 is 2.58 bits per heavy atom. The number of nitro benzene ring substituents is 1. The van der Waals surface area contributed by atoms with Crippen molar-refractivity contribution in [3.8, 4) is 0 Å². The molecular weight excluding hydrogens is 282 g/mol. The van der Waals surface area contributed by atoms with Gasteiger partial charge in [0.15, 0.2) is 0 Å². The number of para-hydroxylation sites is 1. The van der Waals surface area contributed by atoms with Gasteiger partial charge >= 0.3 is 0 Å². The summed E-state index contributed by atoms with van der Waals surface area (Å²) in [6.45, 7) is -0.908. The van der Waals surface area contributed by atoms with Gasteiger partial charge in [-0.1, -0.05) is 12.1 Å². The van der Waals surface area contributed by atoms with Crippen LogP contribution in [-0.4, -0.2) is 41.1 Å². The number of rotatable bonds is 6. The van der Waals surface area contributed by atoms with Gasteiger partial charge in [-0.25, -0.2) is 8.78 Å². The van der Waals surface area contributed by atoms with E-state index in [0.29, 0.717) is 0 Å². The molecule has 0 saturated heterocycles. The van der Waals surface area contributed by atoms with E-state index in [9.17, 15) is 23.7 Å². The summed E-state index contributed by atoms with van der Waals surface area (Å²) >= 11 is 5.44. The molecule has 0 spiro atoms. The smallest absolute Gasteiger partial charge is 0.282 e. The molecule has 1 aromatic rings. The van der Waals surface area contributed by atoms with Gasteiger partial charge in [0.2, 0.25) is 0 Å².